The number of aromatic nitrogens is 2. The van der Waals surface area contributed by atoms with Crippen LogP contribution in [0.4, 0.5) is 16.0 Å². The fourth-order valence-electron chi connectivity index (χ4n) is 3.06. The molecular formula is C19H22FN3O. The van der Waals surface area contributed by atoms with E-state index in [4.69, 9.17) is 9.72 Å². The number of halogens is 1. The quantitative estimate of drug-likeness (QED) is 0.889. The van der Waals surface area contributed by atoms with Crippen LogP contribution in [0.25, 0.3) is 5.57 Å². The number of nitrogens with one attached hydrogen (secondary N) is 1. The van der Waals surface area contributed by atoms with Crippen LogP contribution in [0.1, 0.15) is 37.1 Å². The summed E-state index contributed by atoms with van der Waals surface area (Å²) in [7, 11) is 1.71. The Kier molecular flexibility index (Phi) is 4.51. The number of aryl methyl sites for hydroxylation is 2. The van der Waals surface area contributed by atoms with Crippen molar-refractivity contribution in [1.82, 2.24) is 9.97 Å². The maximum atomic E-state index is 13.4. The fourth-order valence-corrected chi connectivity index (χ4v) is 3.06. The van der Waals surface area contributed by atoms with Gasteiger partial charge in [-0.3, -0.25) is 0 Å². The van der Waals surface area contributed by atoms with Crippen LogP contribution in [0.3, 0.4) is 0 Å². The molecule has 1 aliphatic rings. The van der Waals surface area contributed by atoms with Crippen LogP contribution >= 0.6 is 0 Å². The Hall–Kier alpha value is -2.43. The predicted octanol–water partition coefficient (Wildman–Crippen LogP) is 4.63. The van der Waals surface area contributed by atoms with Crippen LogP contribution in [0, 0.1) is 18.7 Å². The van der Waals surface area contributed by atoms with Gasteiger partial charge in [-0.05, 0) is 48.6 Å². The molecule has 1 aliphatic carbocycles. The van der Waals surface area contributed by atoms with Crippen molar-refractivity contribution in [2.24, 2.45) is 5.92 Å². The summed E-state index contributed by atoms with van der Waals surface area (Å²) in [5.41, 5.74) is 4.58. The first kappa shape index (κ1) is 16.4. The van der Waals surface area contributed by atoms with Crippen molar-refractivity contribution < 1.29 is 9.13 Å². The molecule has 0 bridgehead atoms. The van der Waals surface area contributed by atoms with E-state index in [9.17, 15) is 4.39 Å². The van der Waals surface area contributed by atoms with Crippen molar-refractivity contribution in [2.45, 2.75) is 33.6 Å². The first-order valence-corrected chi connectivity index (χ1v) is 8.16. The van der Waals surface area contributed by atoms with E-state index in [-0.39, 0.29) is 5.82 Å². The molecule has 3 rings (SSSR count). The van der Waals surface area contributed by atoms with Gasteiger partial charge in [0, 0.05) is 23.9 Å². The minimum Gasteiger partial charge on any atom is -0.501 e. The second kappa shape index (κ2) is 6.59. The summed E-state index contributed by atoms with van der Waals surface area (Å²) in [5.74, 6) is 1.60. The molecule has 126 valence electrons. The number of anilines is 2. The Bertz CT molecular complexity index is 799. The third kappa shape index (κ3) is 3.11. The fraction of sp³-hybridized carbons (Fsp3) is 0.368. The number of hydrogen-bond acceptors (Lipinski definition) is 4. The van der Waals surface area contributed by atoms with Crippen LogP contribution in [-0.2, 0) is 11.2 Å². The number of methoxy groups -OCH3 is 1. The van der Waals surface area contributed by atoms with E-state index in [1.54, 1.807) is 26.2 Å². The summed E-state index contributed by atoms with van der Waals surface area (Å²) in [6, 6.07) is 4.88. The van der Waals surface area contributed by atoms with Crippen molar-refractivity contribution in [3.05, 3.63) is 52.8 Å². The summed E-state index contributed by atoms with van der Waals surface area (Å²) in [4.78, 5) is 9.11. The van der Waals surface area contributed by atoms with E-state index in [0.29, 0.717) is 17.4 Å². The van der Waals surface area contributed by atoms with Gasteiger partial charge in [-0.15, -0.1) is 0 Å². The molecule has 1 aromatic heterocycles. The van der Waals surface area contributed by atoms with Gasteiger partial charge in [0.1, 0.15) is 11.6 Å². The number of hydrogen-bond donors (Lipinski definition) is 1. The molecule has 0 unspecified atom stereocenters. The lowest BCUT2D eigenvalue weighted by Crippen LogP contribution is -2.14. The Morgan fingerprint density at radius 3 is 2.71 bits per heavy atom. The summed E-state index contributed by atoms with van der Waals surface area (Å²) < 4.78 is 19.0. The largest absolute Gasteiger partial charge is 0.501 e. The van der Waals surface area contributed by atoms with Gasteiger partial charge >= 0.3 is 0 Å². The van der Waals surface area contributed by atoms with E-state index in [2.05, 4.69) is 24.1 Å². The lowest BCUT2D eigenvalue weighted by molar-refractivity contribution is 0.275. The minimum absolute atomic E-state index is 0.221. The number of ether oxygens (including phenoxy) is 1. The van der Waals surface area contributed by atoms with E-state index >= 15 is 0 Å². The van der Waals surface area contributed by atoms with Crippen LogP contribution in [0.5, 0.6) is 0 Å². The average molecular weight is 327 g/mol. The van der Waals surface area contributed by atoms with Crippen molar-refractivity contribution in [3.63, 3.8) is 0 Å². The lowest BCUT2D eigenvalue weighted by Gasteiger charge is -2.24. The molecule has 4 nitrogen and oxygen atoms in total. The second-order valence-electron chi connectivity index (χ2n) is 6.35. The highest BCUT2D eigenvalue weighted by molar-refractivity contribution is 5.71. The molecule has 0 fully saturated rings. The molecule has 0 aliphatic heterocycles. The van der Waals surface area contributed by atoms with E-state index in [0.717, 1.165) is 41.1 Å². The van der Waals surface area contributed by atoms with Crippen molar-refractivity contribution in [2.75, 3.05) is 12.4 Å². The summed E-state index contributed by atoms with van der Waals surface area (Å²) in [6.45, 7) is 6.02. The highest BCUT2D eigenvalue weighted by Crippen LogP contribution is 2.35. The number of rotatable bonds is 4. The molecule has 0 saturated heterocycles. The molecular weight excluding hydrogens is 305 g/mol. The maximum Gasteiger partial charge on any atom is 0.227 e. The lowest BCUT2D eigenvalue weighted by atomic mass is 9.88. The normalized spacial score (nSPS) is 13.9. The maximum absolute atomic E-state index is 13.4. The van der Waals surface area contributed by atoms with Gasteiger partial charge in [-0.2, -0.15) is 0 Å². The number of allylic oxidation sites excluding steroid dienone is 2. The first-order chi connectivity index (χ1) is 11.5. The number of fused-ring (bicyclic) bond motifs is 1. The van der Waals surface area contributed by atoms with Gasteiger partial charge in [-0.25, -0.2) is 14.4 Å². The van der Waals surface area contributed by atoms with Gasteiger partial charge in [0.25, 0.3) is 0 Å². The molecule has 24 heavy (non-hydrogen) atoms. The monoisotopic (exact) mass is 327 g/mol. The topological polar surface area (TPSA) is 47.0 Å². The van der Waals surface area contributed by atoms with Gasteiger partial charge in [-0.1, -0.05) is 13.8 Å². The Balaban J connectivity index is 1.97. The number of nitrogens with zero attached hydrogens (tertiary/aromatic N) is 2. The summed E-state index contributed by atoms with van der Waals surface area (Å²) in [6.07, 6.45) is 3.63. The van der Waals surface area contributed by atoms with Crippen LogP contribution in [0.2, 0.25) is 0 Å². The van der Waals surface area contributed by atoms with Crippen molar-refractivity contribution >= 4 is 17.2 Å². The van der Waals surface area contributed by atoms with E-state index in [1.807, 2.05) is 6.20 Å². The standard InChI is InChI=1S/C19H22FN3O/c1-11(2)17-16(24-4)8-5-13-10-21-19(23-18(13)17)22-14-6-7-15(20)12(3)9-14/h6-7,9-11H,5,8H2,1-4H3,(H,21,22,23). The molecule has 0 amide bonds. The Morgan fingerprint density at radius 1 is 1.25 bits per heavy atom. The van der Waals surface area contributed by atoms with Crippen molar-refractivity contribution in [3.8, 4) is 0 Å². The SMILES string of the molecule is COC1=C(C(C)C)c2nc(Nc3ccc(F)c(C)c3)ncc2CC1. The van der Waals surface area contributed by atoms with Crippen LogP contribution in [0.15, 0.2) is 30.2 Å². The zero-order chi connectivity index (χ0) is 17.3. The van der Waals surface area contributed by atoms with E-state index < -0.39 is 0 Å². The highest BCUT2D eigenvalue weighted by Gasteiger charge is 2.24. The molecule has 1 aromatic carbocycles. The summed E-state index contributed by atoms with van der Waals surface area (Å²) in [5, 5.41) is 3.16. The Morgan fingerprint density at radius 2 is 2.04 bits per heavy atom. The zero-order valence-electron chi connectivity index (χ0n) is 14.5. The van der Waals surface area contributed by atoms with Crippen molar-refractivity contribution in [1.29, 1.82) is 0 Å². The predicted molar refractivity (Wildman–Crippen MR) is 93.5 cm³/mol. The third-order valence-electron chi connectivity index (χ3n) is 4.28. The Labute approximate surface area is 141 Å². The number of benzene rings is 1. The van der Waals surface area contributed by atoms with Gasteiger partial charge in [0.15, 0.2) is 0 Å². The minimum atomic E-state index is -0.221. The smallest absolute Gasteiger partial charge is 0.227 e. The van der Waals surface area contributed by atoms with E-state index in [1.165, 1.54) is 6.07 Å². The zero-order valence-corrected chi connectivity index (χ0v) is 14.5. The van der Waals surface area contributed by atoms with Crippen LogP contribution < -0.4 is 5.32 Å². The molecule has 1 N–H and O–H groups in total. The molecule has 0 radical (unpaired) electrons. The third-order valence-corrected chi connectivity index (χ3v) is 4.28. The van der Waals surface area contributed by atoms with Gasteiger partial charge < -0.3 is 10.1 Å². The first-order valence-electron chi connectivity index (χ1n) is 8.16. The highest BCUT2D eigenvalue weighted by atomic mass is 19.1. The summed E-state index contributed by atoms with van der Waals surface area (Å²) >= 11 is 0. The molecule has 0 atom stereocenters. The molecule has 0 spiro atoms. The van der Waals surface area contributed by atoms with Gasteiger partial charge in [0.2, 0.25) is 5.95 Å². The molecule has 5 heteroatoms. The van der Waals surface area contributed by atoms with Gasteiger partial charge in [0.05, 0.1) is 12.8 Å². The molecule has 2 aromatic rings. The van der Waals surface area contributed by atoms with Crippen LogP contribution in [-0.4, -0.2) is 17.1 Å². The molecule has 0 saturated carbocycles. The molecule has 1 heterocycles. The second-order valence-corrected chi connectivity index (χ2v) is 6.35. The average Bonchev–Trinajstić information content (AvgIpc) is 2.56.